The Bertz CT molecular complexity index is 942. The van der Waals surface area contributed by atoms with E-state index in [-0.39, 0.29) is 17.4 Å². The number of ketones is 1. The first-order chi connectivity index (χ1) is 11.8. The number of aryl methyl sites for hydroxylation is 3. The first kappa shape index (κ1) is 17.1. The molecular formula is C19H18FN3OS. The van der Waals surface area contributed by atoms with Crippen LogP contribution in [-0.2, 0) is 0 Å². The molecule has 0 saturated heterocycles. The highest BCUT2D eigenvalue weighted by molar-refractivity contribution is 7.18. The van der Waals surface area contributed by atoms with Gasteiger partial charge in [0.05, 0.1) is 0 Å². The number of hydrogen-bond donors (Lipinski definition) is 2. The number of carbonyl (C=O) groups is 1. The van der Waals surface area contributed by atoms with Crippen molar-refractivity contribution in [3.05, 3.63) is 69.3 Å². The maximum Gasteiger partial charge on any atom is 0.207 e. The summed E-state index contributed by atoms with van der Waals surface area (Å²) < 4.78 is 13.3. The van der Waals surface area contributed by atoms with E-state index >= 15 is 0 Å². The Morgan fingerprint density at radius 2 is 1.84 bits per heavy atom. The molecule has 3 rings (SSSR count). The number of carbonyl (C=O) groups excluding carboxylic acids is 1. The number of halogens is 1. The summed E-state index contributed by atoms with van der Waals surface area (Å²) in [6.07, 6.45) is 0. The second-order valence-electron chi connectivity index (χ2n) is 5.97. The summed E-state index contributed by atoms with van der Waals surface area (Å²) in [6.45, 7) is 5.82. The van der Waals surface area contributed by atoms with Crippen molar-refractivity contribution in [2.45, 2.75) is 20.8 Å². The summed E-state index contributed by atoms with van der Waals surface area (Å²) in [5.74, 6) is -0.317. The van der Waals surface area contributed by atoms with Gasteiger partial charge < -0.3 is 11.1 Å². The largest absolute Gasteiger partial charge is 0.382 e. The van der Waals surface area contributed by atoms with Crippen LogP contribution >= 0.6 is 11.3 Å². The van der Waals surface area contributed by atoms with Gasteiger partial charge in [0.1, 0.15) is 16.5 Å². The monoisotopic (exact) mass is 355 g/mol. The van der Waals surface area contributed by atoms with E-state index in [0.29, 0.717) is 21.3 Å². The lowest BCUT2D eigenvalue weighted by Crippen LogP contribution is -2.07. The molecule has 0 spiro atoms. The Hall–Kier alpha value is -2.73. The van der Waals surface area contributed by atoms with Crippen molar-refractivity contribution in [3.63, 3.8) is 0 Å². The molecule has 128 valence electrons. The summed E-state index contributed by atoms with van der Waals surface area (Å²) in [7, 11) is 0. The predicted octanol–water partition coefficient (Wildman–Crippen LogP) is 4.76. The number of aromatic nitrogens is 1. The average Bonchev–Trinajstić information content (AvgIpc) is 2.86. The van der Waals surface area contributed by atoms with Crippen LogP contribution in [0.4, 0.5) is 21.0 Å². The number of nitrogens with two attached hydrogens (primary N) is 1. The molecule has 3 aromatic rings. The third kappa shape index (κ3) is 3.53. The standard InChI is InChI=1S/C19H18FN3OS/c1-10-7-11(2)15(12(3)8-10)16(24)17-18(21)23-19(25-17)22-14-6-4-5-13(20)9-14/h4-9H,21H2,1-3H3,(H,22,23). The molecule has 3 N–H and O–H groups in total. The molecule has 0 bridgehead atoms. The van der Waals surface area contributed by atoms with Crippen LogP contribution in [0.25, 0.3) is 0 Å². The quantitative estimate of drug-likeness (QED) is 0.662. The highest BCUT2D eigenvalue weighted by atomic mass is 32.1. The fourth-order valence-corrected chi connectivity index (χ4v) is 3.74. The Balaban J connectivity index is 1.94. The number of anilines is 3. The summed E-state index contributed by atoms with van der Waals surface area (Å²) in [5.41, 5.74) is 10.1. The van der Waals surface area contributed by atoms with E-state index < -0.39 is 0 Å². The Morgan fingerprint density at radius 3 is 2.48 bits per heavy atom. The van der Waals surface area contributed by atoms with E-state index in [1.807, 2.05) is 32.9 Å². The fraction of sp³-hybridized carbons (Fsp3) is 0.158. The van der Waals surface area contributed by atoms with Crippen molar-refractivity contribution in [1.29, 1.82) is 0 Å². The topological polar surface area (TPSA) is 68.0 Å². The molecule has 0 aliphatic heterocycles. The van der Waals surface area contributed by atoms with Gasteiger partial charge in [0.2, 0.25) is 5.78 Å². The highest BCUT2D eigenvalue weighted by Gasteiger charge is 2.21. The number of nitrogens with one attached hydrogen (secondary N) is 1. The molecule has 0 aliphatic carbocycles. The van der Waals surface area contributed by atoms with E-state index in [9.17, 15) is 9.18 Å². The van der Waals surface area contributed by atoms with Crippen LogP contribution in [0.3, 0.4) is 0 Å². The van der Waals surface area contributed by atoms with Gasteiger partial charge in [0.15, 0.2) is 5.13 Å². The van der Waals surface area contributed by atoms with Crippen LogP contribution in [0, 0.1) is 26.6 Å². The Kier molecular flexibility index (Phi) is 4.55. The van der Waals surface area contributed by atoms with E-state index in [0.717, 1.165) is 16.7 Å². The lowest BCUT2D eigenvalue weighted by molar-refractivity contribution is 0.104. The van der Waals surface area contributed by atoms with Gasteiger partial charge in [-0.3, -0.25) is 4.79 Å². The lowest BCUT2D eigenvalue weighted by atomic mass is 9.96. The van der Waals surface area contributed by atoms with Gasteiger partial charge in [0, 0.05) is 11.3 Å². The molecule has 1 heterocycles. The van der Waals surface area contributed by atoms with Crippen LogP contribution < -0.4 is 11.1 Å². The van der Waals surface area contributed by atoms with Gasteiger partial charge in [-0.1, -0.05) is 35.1 Å². The zero-order valence-corrected chi connectivity index (χ0v) is 15.0. The summed E-state index contributed by atoms with van der Waals surface area (Å²) in [5, 5.41) is 3.44. The van der Waals surface area contributed by atoms with Gasteiger partial charge in [-0.25, -0.2) is 9.37 Å². The van der Waals surface area contributed by atoms with Crippen molar-refractivity contribution in [1.82, 2.24) is 4.98 Å². The first-order valence-corrected chi connectivity index (χ1v) is 8.58. The van der Waals surface area contributed by atoms with E-state index in [1.54, 1.807) is 12.1 Å². The Morgan fingerprint density at radius 1 is 1.16 bits per heavy atom. The van der Waals surface area contributed by atoms with E-state index in [1.165, 1.54) is 23.5 Å². The average molecular weight is 355 g/mol. The molecule has 0 unspecified atom stereocenters. The first-order valence-electron chi connectivity index (χ1n) is 7.76. The van der Waals surface area contributed by atoms with E-state index in [4.69, 9.17) is 5.73 Å². The molecule has 2 aromatic carbocycles. The summed E-state index contributed by atoms with van der Waals surface area (Å²) in [4.78, 5) is 17.5. The summed E-state index contributed by atoms with van der Waals surface area (Å²) >= 11 is 1.17. The maximum absolute atomic E-state index is 13.3. The molecule has 0 radical (unpaired) electrons. The van der Waals surface area contributed by atoms with Gasteiger partial charge in [-0.05, 0) is 50.1 Å². The zero-order chi connectivity index (χ0) is 18.1. The molecule has 0 amide bonds. The molecule has 0 atom stereocenters. The number of benzene rings is 2. The van der Waals surface area contributed by atoms with Crippen LogP contribution in [0.5, 0.6) is 0 Å². The van der Waals surface area contributed by atoms with Gasteiger partial charge in [-0.15, -0.1) is 0 Å². The van der Waals surface area contributed by atoms with Crippen molar-refractivity contribution in [2.75, 3.05) is 11.1 Å². The molecule has 1 aromatic heterocycles. The minimum atomic E-state index is -0.350. The molecule has 0 fully saturated rings. The fourth-order valence-electron chi connectivity index (χ4n) is 2.89. The third-order valence-corrected chi connectivity index (χ3v) is 4.82. The van der Waals surface area contributed by atoms with Gasteiger partial charge in [0.25, 0.3) is 0 Å². The van der Waals surface area contributed by atoms with Crippen LogP contribution in [0.15, 0.2) is 36.4 Å². The van der Waals surface area contributed by atoms with Crippen molar-refractivity contribution in [3.8, 4) is 0 Å². The second kappa shape index (κ2) is 6.64. The Labute approximate surface area is 149 Å². The molecule has 4 nitrogen and oxygen atoms in total. The van der Waals surface area contributed by atoms with Crippen LogP contribution in [-0.4, -0.2) is 10.8 Å². The smallest absolute Gasteiger partial charge is 0.207 e. The second-order valence-corrected chi connectivity index (χ2v) is 6.97. The number of rotatable bonds is 4. The molecular weight excluding hydrogens is 337 g/mol. The van der Waals surface area contributed by atoms with Crippen molar-refractivity contribution in [2.24, 2.45) is 0 Å². The van der Waals surface area contributed by atoms with Crippen molar-refractivity contribution < 1.29 is 9.18 Å². The maximum atomic E-state index is 13.3. The van der Waals surface area contributed by atoms with Gasteiger partial charge in [-0.2, -0.15) is 0 Å². The minimum absolute atomic E-state index is 0.141. The van der Waals surface area contributed by atoms with Crippen LogP contribution in [0.2, 0.25) is 0 Å². The molecule has 0 aliphatic rings. The lowest BCUT2D eigenvalue weighted by Gasteiger charge is -2.09. The number of nitrogen functional groups attached to an aromatic ring is 1. The van der Waals surface area contributed by atoms with Gasteiger partial charge >= 0.3 is 0 Å². The number of thiazole rings is 1. The minimum Gasteiger partial charge on any atom is -0.382 e. The molecule has 6 heteroatoms. The molecule has 0 saturated carbocycles. The number of nitrogens with zero attached hydrogens (tertiary/aromatic N) is 1. The third-order valence-electron chi connectivity index (χ3n) is 3.84. The summed E-state index contributed by atoms with van der Waals surface area (Å²) in [6, 6.07) is 9.98. The van der Waals surface area contributed by atoms with E-state index in [2.05, 4.69) is 10.3 Å². The normalized spacial score (nSPS) is 10.7. The van der Waals surface area contributed by atoms with Crippen molar-refractivity contribution >= 4 is 33.8 Å². The van der Waals surface area contributed by atoms with Crippen LogP contribution in [0.1, 0.15) is 31.9 Å². The highest BCUT2D eigenvalue weighted by Crippen LogP contribution is 2.31. The zero-order valence-electron chi connectivity index (χ0n) is 14.2. The number of hydrogen-bond acceptors (Lipinski definition) is 5. The predicted molar refractivity (Wildman–Crippen MR) is 100 cm³/mol. The molecule has 25 heavy (non-hydrogen) atoms. The SMILES string of the molecule is Cc1cc(C)c(C(=O)c2sc(Nc3cccc(F)c3)nc2N)c(C)c1.